The third kappa shape index (κ3) is 2.01. The monoisotopic (exact) mass is 270 g/mol. The molecule has 0 N–H and O–H groups in total. The Balaban J connectivity index is 2.02. The van der Waals surface area contributed by atoms with Gasteiger partial charge < -0.3 is 0 Å². The molecule has 0 saturated carbocycles. The number of hydrogen-bond acceptors (Lipinski definition) is 1. The van der Waals surface area contributed by atoms with Crippen LogP contribution in [0.3, 0.4) is 0 Å². The van der Waals surface area contributed by atoms with E-state index >= 15 is 0 Å². The standard InChI is InChI=1S/C19H14N2/c1-3-9-15(10-4-1)19-17-13-7-8-14-18(17)21(20-19)16-11-5-2-6-12-16/h1-14H. The summed E-state index contributed by atoms with van der Waals surface area (Å²) in [6.45, 7) is 0. The fourth-order valence-electron chi connectivity index (χ4n) is 2.64. The van der Waals surface area contributed by atoms with E-state index in [1.807, 2.05) is 41.1 Å². The highest BCUT2D eigenvalue weighted by atomic mass is 15.3. The molecule has 0 atom stereocenters. The summed E-state index contributed by atoms with van der Waals surface area (Å²) in [4.78, 5) is 0. The summed E-state index contributed by atoms with van der Waals surface area (Å²) in [5.74, 6) is 0. The second-order valence-electron chi connectivity index (χ2n) is 4.98. The quantitative estimate of drug-likeness (QED) is 0.516. The smallest absolute Gasteiger partial charge is 0.101 e. The van der Waals surface area contributed by atoms with Gasteiger partial charge in [0.2, 0.25) is 0 Å². The lowest BCUT2D eigenvalue weighted by Crippen LogP contribution is -1.95. The molecule has 0 saturated heterocycles. The van der Waals surface area contributed by atoms with Gasteiger partial charge in [0.1, 0.15) is 5.69 Å². The third-order valence-corrected chi connectivity index (χ3v) is 3.64. The predicted molar refractivity (Wildman–Crippen MR) is 86.5 cm³/mol. The molecular formula is C19H14N2. The van der Waals surface area contributed by atoms with Gasteiger partial charge in [0.25, 0.3) is 0 Å². The zero-order chi connectivity index (χ0) is 14.1. The Hall–Kier alpha value is -2.87. The highest BCUT2D eigenvalue weighted by Gasteiger charge is 2.12. The molecule has 4 aromatic rings. The van der Waals surface area contributed by atoms with Crippen LogP contribution < -0.4 is 0 Å². The highest BCUT2D eigenvalue weighted by Crippen LogP contribution is 2.29. The molecule has 100 valence electrons. The van der Waals surface area contributed by atoms with E-state index in [2.05, 4.69) is 48.5 Å². The summed E-state index contributed by atoms with van der Waals surface area (Å²) in [5, 5.41) is 6.02. The molecule has 1 heterocycles. The first-order valence-electron chi connectivity index (χ1n) is 7.02. The van der Waals surface area contributed by atoms with Crippen LogP contribution in [0.1, 0.15) is 0 Å². The van der Waals surface area contributed by atoms with Crippen LogP contribution in [0.4, 0.5) is 0 Å². The van der Waals surface area contributed by atoms with Crippen molar-refractivity contribution >= 4 is 10.9 Å². The normalized spacial score (nSPS) is 10.9. The van der Waals surface area contributed by atoms with E-state index in [4.69, 9.17) is 5.10 Å². The summed E-state index contributed by atoms with van der Waals surface area (Å²) in [7, 11) is 0. The van der Waals surface area contributed by atoms with Gasteiger partial charge in [-0.05, 0) is 18.2 Å². The maximum absolute atomic E-state index is 4.85. The largest absolute Gasteiger partial charge is 0.232 e. The minimum absolute atomic E-state index is 1.02. The number of aromatic nitrogens is 2. The lowest BCUT2D eigenvalue weighted by Gasteiger charge is -2.02. The Labute approximate surface area is 123 Å². The van der Waals surface area contributed by atoms with Gasteiger partial charge >= 0.3 is 0 Å². The fourth-order valence-corrected chi connectivity index (χ4v) is 2.64. The van der Waals surface area contributed by atoms with E-state index in [0.29, 0.717) is 0 Å². The second kappa shape index (κ2) is 4.91. The number of rotatable bonds is 2. The zero-order valence-corrected chi connectivity index (χ0v) is 11.5. The summed E-state index contributed by atoms with van der Waals surface area (Å²) >= 11 is 0. The SMILES string of the molecule is c1ccc(-c2nn(-c3ccccc3)c3ccccc23)cc1. The van der Waals surface area contributed by atoms with Crippen molar-refractivity contribution in [1.29, 1.82) is 0 Å². The molecule has 2 nitrogen and oxygen atoms in total. The zero-order valence-electron chi connectivity index (χ0n) is 11.5. The van der Waals surface area contributed by atoms with Crippen LogP contribution in [0, 0.1) is 0 Å². The number of benzene rings is 3. The summed E-state index contributed by atoms with van der Waals surface area (Å²) in [6, 6.07) is 28.9. The highest BCUT2D eigenvalue weighted by molar-refractivity contribution is 5.94. The van der Waals surface area contributed by atoms with Gasteiger partial charge in [-0.15, -0.1) is 0 Å². The molecule has 21 heavy (non-hydrogen) atoms. The molecule has 4 rings (SSSR count). The lowest BCUT2D eigenvalue weighted by molar-refractivity contribution is 0.915. The van der Waals surface area contributed by atoms with Crippen LogP contribution in [-0.4, -0.2) is 9.78 Å². The molecule has 0 unspecified atom stereocenters. The van der Waals surface area contributed by atoms with Gasteiger partial charge in [0, 0.05) is 10.9 Å². The fraction of sp³-hybridized carbons (Fsp3) is 0. The van der Waals surface area contributed by atoms with Gasteiger partial charge in [-0.3, -0.25) is 0 Å². The van der Waals surface area contributed by atoms with Crippen molar-refractivity contribution in [3.8, 4) is 16.9 Å². The summed E-state index contributed by atoms with van der Waals surface area (Å²) < 4.78 is 2.01. The third-order valence-electron chi connectivity index (χ3n) is 3.64. The Morgan fingerprint density at radius 3 is 2.00 bits per heavy atom. The van der Waals surface area contributed by atoms with Crippen LogP contribution in [0.15, 0.2) is 84.9 Å². The van der Waals surface area contributed by atoms with Crippen molar-refractivity contribution in [2.45, 2.75) is 0 Å². The molecule has 0 amide bonds. The van der Waals surface area contributed by atoms with Crippen molar-refractivity contribution in [1.82, 2.24) is 9.78 Å². The van der Waals surface area contributed by atoms with Crippen molar-refractivity contribution < 1.29 is 0 Å². The molecular weight excluding hydrogens is 256 g/mol. The van der Waals surface area contributed by atoms with Crippen LogP contribution in [0.2, 0.25) is 0 Å². The predicted octanol–water partition coefficient (Wildman–Crippen LogP) is 4.69. The number of fused-ring (bicyclic) bond motifs is 1. The molecule has 0 bridgehead atoms. The van der Waals surface area contributed by atoms with Crippen LogP contribution in [-0.2, 0) is 0 Å². The van der Waals surface area contributed by atoms with E-state index in [9.17, 15) is 0 Å². The van der Waals surface area contributed by atoms with Gasteiger partial charge in [-0.2, -0.15) is 5.10 Å². The number of hydrogen-bond donors (Lipinski definition) is 0. The van der Waals surface area contributed by atoms with Gasteiger partial charge in [0.15, 0.2) is 0 Å². The molecule has 0 radical (unpaired) electrons. The van der Waals surface area contributed by atoms with Crippen LogP contribution in [0.5, 0.6) is 0 Å². The first-order chi connectivity index (χ1) is 10.4. The molecule has 0 spiro atoms. The van der Waals surface area contributed by atoms with E-state index in [0.717, 1.165) is 22.5 Å². The minimum Gasteiger partial charge on any atom is -0.232 e. The average molecular weight is 270 g/mol. The first kappa shape index (κ1) is 11.9. The maximum Gasteiger partial charge on any atom is 0.101 e. The maximum atomic E-state index is 4.85. The Morgan fingerprint density at radius 1 is 0.619 bits per heavy atom. The Bertz CT molecular complexity index is 804. The van der Waals surface area contributed by atoms with E-state index in [-0.39, 0.29) is 0 Å². The average Bonchev–Trinajstić information content (AvgIpc) is 2.96. The molecule has 2 heteroatoms. The van der Waals surface area contributed by atoms with Crippen LogP contribution >= 0.6 is 0 Å². The Kier molecular flexibility index (Phi) is 2.79. The number of para-hydroxylation sites is 2. The molecule has 1 aromatic heterocycles. The van der Waals surface area contributed by atoms with E-state index < -0.39 is 0 Å². The van der Waals surface area contributed by atoms with Crippen LogP contribution in [0.25, 0.3) is 27.8 Å². The van der Waals surface area contributed by atoms with Crippen molar-refractivity contribution in [3.63, 3.8) is 0 Å². The number of nitrogens with zero attached hydrogens (tertiary/aromatic N) is 2. The van der Waals surface area contributed by atoms with Gasteiger partial charge in [-0.25, -0.2) is 4.68 Å². The lowest BCUT2D eigenvalue weighted by atomic mass is 10.1. The summed E-state index contributed by atoms with van der Waals surface area (Å²) in [5.41, 5.74) is 4.37. The summed E-state index contributed by atoms with van der Waals surface area (Å²) in [6.07, 6.45) is 0. The van der Waals surface area contributed by atoms with Crippen molar-refractivity contribution in [3.05, 3.63) is 84.9 Å². The topological polar surface area (TPSA) is 17.8 Å². The molecule has 0 aliphatic carbocycles. The van der Waals surface area contributed by atoms with E-state index in [1.54, 1.807) is 0 Å². The van der Waals surface area contributed by atoms with E-state index in [1.165, 1.54) is 5.39 Å². The molecule has 0 aliphatic heterocycles. The van der Waals surface area contributed by atoms with Crippen molar-refractivity contribution in [2.24, 2.45) is 0 Å². The van der Waals surface area contributed by atoms with Gasteiger partial charge in [-0.1, -0.05) is 66.7 Å². The molecule has 3 aromatic carbocycles. The van der Waals surface area contributed by atoms with Gasteiger partial charge in [0.05, 0.1) is 11.2 Å². The first-order valence-corrected chi connectivity index (χ1v) is 7.02. The Morgan fingerprint density at radius 2 is 1.24 bits per heavy atom. The molecule has 0 fully saturated rings. The van der Waals surface area contributed by atoms with Crippen molar-refractivity contribution in [2.75, 3.05) is 0 Å². The second-order valence-corrected chi connectivity index (χ2v) is 4.98. The minimum atomic E-state index is 1.02. The molecule has 0 aliphatic rings.